The maximum atomic E-state index is 13.4. The monoisotopic (exact) mass is 405 g/mol. The van der Waals surface area contributed by atoms with E-state index in [0.29, 0.717) is 19.6 Å². The molecule has 0 radical (unpaired) electrons. The number of anilines is 1. The Morgan fingerprint density at radius 3 is 2.68 bits per heavy atom. The molecule has 2 aliphatic rings. The molecular formula is C19H20FN3O4S. The Hall–Kier alpha value is -2.68. The number of fused-ring (bicyclic) bond motifs is 4. The minimum absolute atomic E-state index is 0.0185. The number of rotatable bonds is 3. The Balaban J connectivity index is 1.67. The zero-order chi connectivity index (χ0) is 20.1. The zero-order valence-corrected chi connectivity index (χ0v) is 16.1. The topological polar surface area (TPSA) is 88.5 Å². The number of nitrogens with zero attached hydrogens (tertiary/aromatic N) is 2. The molecule has 0 saturated carbocycles. The quantitative estimate of drug-likeness (QED) is 0.843. The Morgan fingerprint density at radius 2 is 1.96 bits per heavy atom. The Labute approximate surface area is 161 Å². The van der Waals surface area contributed by atoms with E-state index in [1.807, 2.05) is 0 Å². The highest BCUT2D eigenvalue weighted by molar-refractivity contribution is 7.92. The molecule has 2 atom stereocenters. The largest absolute Gasteiger partial charge is 0.342 e. The van der Waals surface area contributed by atoms with Crippen molar-refractivity contribution in [3.63, 3.8) is 0 Å². The molecule has 0 spiro atoms. The van der Waals surface area contributed by atoms with Gasteiger partial charge in [0, 0.05) is 38.2 Å². The van der Waals surface area contributed by atoms with Gasteiger partial charge in [0.25, 0.3) is 15.6 Å². The molecule has 1 saturated heterocycles. The van der Waals surface area contributed by atoms with E-state index in [0.717, 1.165) is 24.2 Å². The smallest absolute Gasteiger partial charge is 0.275 e. The summed E-state index contributed by atoms with van der Waals surface area (Å²) in [6, 6.07) is 7.79. The van der Waals surface area contributed by atoms with Crippen LogP contribution >= 0.6 is 0 Å². The minimum atomic E-state index is -4.08. The number of carbonyl (C=O) groups excluding carboxylic acids is 1. The molecule has 9 heteroatoms. The first-order valence-corrected chi connectivity index (χ1v) is 10.5. The molecule has 28 heavy (non-hydrogen) atoms. The average Bonchev–Trinajstić information content (AvgIpc) is 2.64. The van der Waals surface area contributed by atoms with Gasteiger partial charge in [0.2, 0.25) is 5.91 Å². The number of amides is 1. The van der Waals surface area contributed by atoms with Crippen LogP contribution in [0.4, 0.5) is 10.1 Å². The predicted octanol–water partition coefficient (Wildman–Crippen LogP) is 1.75. The van der Waals surface area contributed by atoms with Crippen molar-refractivity contribution in [2.24, 2.45) is 5.92 Å². The van der Waals surface area contributed by atoms with Gasteiger partial charge in [-0.25, -0.2) is 12.8 Å². The first-order chi connectivity index (χ1) is 13.2. The van der Waals surface area contributed by atoms with Gasteiger partial charge >= 0.3 is 0 Å². The molecule has 2 aromatic rings. The Morgan fingerprint density at radius 1 is 1.18 bits per heavy atom. The van der Waals surface area contributed by atoms with E-state index in [1.165, 1.54) is 18.2 Å². The van der Waals surface area contributed by atoms with Crippen LogP contribution in [-0.4, -0.2) is 36.9 Å². The number of sulfonamides is 1. The molecule has 7 nitrogen and oxygen atoms in total. The fraction of sp³-hybridized carbons (Fsp3) is 0.368. The van der Waals surface area contributed by atoms with Gasteiger partial charge in [-0.1, -0.05) is 6.07 Å². The fourth-order valence-electron chi connectivity index (χ4n) is 4.12. The van der Waals surface area contributed by atoms with Crippen LogP contribution in [0.25, 0.3) is 0 Å². The Kier molecular flexibility index (Phi) is 4.49. The van der Waals surface area contributed by atoms with E-state index in [9.17, 15) is 22.4 Å². The summed E-state index contributed by atoms with van der Waals surface area (Å²) in [6.45, 7) is 3.12. The third-order valence-electron chi connectivity index (χ3n) is 5.40. The molecule has 0 unspecified atom stereocenters. The van der Waals surface area contributed by atoms with Crippen LogP contribution in [0.15, 0.2) is 46.1 Å². The van der Waals surface area contributed by atoms with Crippen LogP contribution in [0, 0.1) is 11.7 Å². The highest BCUT2D eigenvalue weighted by Gasteiger charge is 2.36. The summed E-state index contributed by atoms with van der Waals surface area (Å²) in [5.41, 5.74) is 0.306. The van der Waals surface area contributed by atoms with Crippen molar-refractivity contribution >= 4 is 21.6 Å². The van der Waals surface area contributed by atoms with E-state index in [4.69, 9.17) is 0 Å². The summed E-state index contributed by atoms with van der Waals surface area (Å²) in [5.74, 6) is -0.446. The number of carbonyl (C=O) groups is 1. The van der Waals surface area contributed by atoms with E-state index in [2.05, 4.69) is 4.72 Å². The van der Waals surface area contributed by atoms with Crippen molar-refractivity contribution in [2.45, 2.75) is 30.7 Å². The molecule has 4 rings (SSSR count). The van der Waals surface area contributed by atoms with Gasteiger partial charge in [0.05, 0.1) is 4.90 Å². The van der Waals surface area contributed by atoms with E-state index < -0.39 is 21.4 Å². The predicted molar refractivity (Wildman–Crippen MR) is 101 cm³/mol. The number of hydrogen-bond donors (Lipinski definition) is 1. The van der Waals surface area contributed by atoms with Crippen molar-refractivity contribution < 1.29 is 17.6 Å². The summed E-state index contributed by atoms with van der Waals surface area (Å²) in [5, 5.41) is 0. The molecule has 148 valence electrons. The second-order valence-corrected chi connectivity index (χ2v) is 9.06. The lowest BCUT2D eigenvalue weighted by Crippen LogP contribution is -2.48. The standard InChI is InChI=1S/C19H20FN3O4S/c1-12(24)22-9-13-7-14(11-22)18-6-5-17(19(25)23(18)10-13)21-28(26,27)16-4-2-3-15(20)8-16/h2-6,8,13-14,21H,7,9-11H2,1H3/t13-,14-/m1/s1. The van der Waals surface area contributed by atoms with Crippen LogP contribution in [-0.2, 0) is 21.4 Å². The van der Waals surface area contributed by atoms with Gasteiger partial charge in [-0.3, -0.25) is 14.3 Å². The molecule has 1 N–H and O–H groups in total. The van der Waals surface area contributed by atoms with E-state index >= 15 is 0 Å². The van der Waals surface area contributed by atoms with Crippen LogP contribution < -0.4 is 10.3 Å². The highest BCUT2D eigenvalue weighted by Crippen LogP contribution is 2.35. The first-order valence-electron chi connectivity index (χ1n) is 9.02. The van der Waals surface area contributed by atoms with E-state index in [-0.39, 0.29) is 28.3 Å². The third-order valence-corrected chi connectivity index (χ3v) is 6.76. The second kappa shape index (κ2) is 6.73. The lowest BCUT2D eigenvalue weighted by molar-refractivity contribution is -0.131. The third kappa shape index (κ3) is 3.30. The number of pyridine rings is 1. The maximum Gasteiger partial charge on any atom is 0.275 e. The summed E-state index contributed by atoms with van der Waals surface area (Å²) < 4.78 is 42.3. The van der Waals surface area contributed by atoms with Gasteiger partial charge in [-0.2, -0.15) is 0 Å². The lowest BCUT2D eigenvalue weighted by atomic mass is 9.83. The summed E-state index contributed by atoms with van der Waals surface area (Å²) >= 11 is 0. The van der Waals surface area contributed by atoms with Gasteiger partial charge < -0.3 is 9.47 Å². The number of nitrogens with one attached hydrogen (secondary N) is 1. The molecular weight excluding hydrogens is 385 g/mol. The summed E-state index contributed by atoms with van der Waals surface area (Å²) in [6.07, 6.45) is 0.900. The lowest BCUT2D eigenvalue weighted by Gasteiger charge is -2.42. The zero-order valence-electron chi connectivity index (χ0n) is 15.3. The Bertz CT molecular complexity index is 1110. The minimum Gasteiger partial charge on any atom is -0.342 e. The van der Waals surface area contributed by atoms with Gasteiger partial charge in [-0.05, 0) is 42.7 Å². The summed E-state index contributed by atoms with van der Waals surface area (Å²) in [7, 11) is -4.08. The number of hydrogen-bond acceptors (Lipinski definition) is 4. The normalized spacial score (nSPS) is 21.1. The van der Waals surface area contributed by atoms with Crippen molar-refractivity contribution in [3.05, 3.63) is 58.3 Å². The molecule has 0 aliphatic carbocycles. The number of benzene rings is 1. The van der Waals surface area contributed by atoms with Gasteiger partial charge in [0.1, 0.15) is 11.5 Å². The second-order valence-electron chi connectivity index (χ2n) is 7.37. The molecule has 1 fully saturated rings. The number of halogens is 1. The summed E-state index contributed by atoms with van der Waals surface area (Å²) in [4.78, 5) is 26.2. The van der Waals surface area contributed by atoms with Gasteiger partial charge in [-0.15, -0.1) is 0 Å². The molecule has 3 heterocycles. The van der Waals surface area contributed by atoms with Crippen LogP contribution in [0.2, 0.25) is 0 Å². The average molecular weight is 405 g/mol. The number of piperidine rings is 1. The number of aromatic nitrogens is 1. The van der Waals surface area contributed by atoms with Crippen molar-refractivity contribution in [3.8, 4) is 0 Å². The maximum absolute atomic E-state index is 13.4. The molecule has 1 aromatic carbocycles. The highest BCUT2D eigenvalue weighted by atomic mass is 32.2. The van der Waals surface area contributed by atoms with Crippen molar-refractivity contribution in [1.29, 1.82) is 0 Å². The SMILES string of the molecule is CC(=O)N1C[C@H]2C[C@H](C1)c1ccc(NS(=O)(=O)c3cccc(F)c3)c(=O)n1C2. The van der Waals surface area contributed by atoms with Crippen LogP contribution in [0.1, 0.15) is 25.0 Å². The fourth-order valence-corrected chi connectivity index (χ4v) is 5.21. The first kappa shape index (κ1) is 18.7. The van der Waals surface area contributed by atoms with E-state index in [1.54, 1.807) is 22.5 Å². The molecule has 1 aromatic heterocycles. The van der Waals surface area contributed by atoms with Crippen molar-refractivity contribution in [1.82, 2.24) is 9.47 Å². The molecule has 2 aliphatic heterocycles. The number of likely N-dealkylation sites (tertiary alicyclic amines) is 1. The molecule has 2 bridgehead atoms. The van der Waals surface area contributed by atoms with Gasteiger partial charge in [0.15, 0.2) is 0 Å². The van der Waals surface area contributed by atoms with Crippen LogP contribution in [0.5, 0.6) is 0 Å². The van der Waals surface area contributed by atoms with Crippen LogP contribution in [0.3, 0.4) is 0 Å². The molecule has 1 amide bonds. The van der Waals surface area contributed by atoms with Crippen molar-refractivity contribution in [2.75, 3.05) is 17.8 Å².